The van der Waals surface area contributed by atoms with Gasteiger partial charge in [-0.3, -0.25) is 9.69 Å². The lowest BCUT2D eigenvalue weighted by Gasteiger charge is -2.33. The summed E-state index contributed by atoms with van der Waals surface area (Å²) in [4.78, 5) is 18.8. The van der Waals surface area contributed by atoms with Crippen LogP contribution < -0.4 is 5.32 Å². The molecule has 1 aromatic heterocycles. The fraction of sp³-hybridized carbons (Fsp3) is 0.765. The summed E-state index contributed by atoms with van der Waals surface area (Å²) < 4.78 is 7.67. The fourth-order valence-corrected chi connectivity index (χ4v) is 3.71. The molecule has 3 rings (SSSR count). The molecule has 1 atom stereocenters. The average molecular weight is 346 g/mol. The van der Waals surface area contributed by atoms with Crippen LogP contribution in [0.2, 0.25) is 0 Å². The van der Waals surface area contributed by atoms with Gasteiger partial charge < -0.3 is 10.1 Å². The number of carbonyl (C=O) groups is 1. The highest BCUT2D eigenvalue weighted by Crippen LogP contribution is 2.28. The summed E-state index contributed by atoms with van der Waals surface area (Å²) in [5, 5.41) is 16.7. The van der Waals surface area contributed by atoms with E-state index < -0.39 is 5.54 Å². The highest BCUT2D eigenvalue weighted by Gasteiger charge is 2.36. The van der Waals surface area contributed by atoms with Crippen molar-refractivity contribution in [2.45, 2.75) is 57.7 Å². The van der Waals surface area contributed by atoms with E-state index in [0.29, 0.717) is 26.2 Å². The predicted molar refractivity (Wildman–Crippen MR) is 90.6 cm³/mol. The molecule has 1 aliphatic heterocycles. The van der Waals surface area contributed by atoms with Crippen molar-refractivity contribution in [2.24, 2.45) is 0 Å². The van der Waals surface area contributed by atoms with Crippen molar-refractivity contribution in [3.8, 4) is 6.07 Å². The number of aromatic nitrogens is 3. The van der Waals surface area contributed by atoms with Crippen molar-refractivity contribution < 1.29 is 9.53 Å². The molecule has 2 aliphatic rings. The Kier molecular flexibility index (Phi) is 5.35. The van der Waals surface area contributed by atoms with E-state index in [2.05, 4.69) is 26.4 Å². The van der Waals surface area contributed by atoms with Crippen LogP contribution in [-0.4, -0.2) is 63.5 Å². The van der Waals surface area contributed by atoms with Gasteiger partial charge >= 0.3 is 0 Å². The minimum atomic E-state index is -0.655. The number of hydrogen-bond donors (Lipinski definition) is 1. The standard InChI is InChI=1S/C17H26N6O2/c1-13-19-14(2)23(21-13)10-15-9-22(7-8-25-15)11-16(24)20-17(12-18)5-3-4-6-17/h15H,3-11H2,1-2H3,(H,20,24)/t15-/m1/s1. The van der Waals surface area contributed by atoms with Gasteiger partial charge in [-0.05, 0) is 39.5 Å². The molecule has 1 amide bonds. The number of carbonyl (C=O) groups excluding carboxylic acids is 1. The smallest absolute Gasteiger partial charge is 0.235 e. The maximum absolute atomic E-state index is 12.4. The molecule has 0 unspecified atom stereocenters. The average Bonchev–Trinajstić information content (AvgIpc) is 3.15. The highest BCUT2D eigenvalue weighted by atomic mass is 16.5. The number of nitrogens with zero attached hydrogens (tertiary/aromatic N) is 5. The minimum Gasteiger partial charge on any atom is -0.374 e. The molecule has 0 aromatic carbocycles. The number of aryl methyl sites for hydroxylation is 2. The quantitative estimate of drug-likeness (QED) is 0.836. The molecule has 1 saturated heterocycles. The lowest BCUT2D eigenvalue weighted by molar-refractivity contribution is -0.125. The van der Waals surface area contributed by atoms with E-state index in [9.17, 15) is 10.1 Å². The zero-order chi connectivity index (χ0) is 17.9. The first kappa shape index (κ1) is 17.8. The monoisotopic (exact) mass is 346 g/mol. The predicted octanol–water partition coefficient (Wildman–Crippen LogP) is 0.548. The first-order chi connectivity index (χ1) is 12.0. The molecule has 1 aromatic rings. The maximum Gasteiger partial charge on any atom is 0.235 e. The van der Waals surface area contributed by atoms with E-state index in [1.165, 1.54) is 0 Å². The van der Waals surface area contributed by atoms with Crippen molar-refractivity contribution in [3.63, 3.8) is 0 Å². The molecular weight excluding hydrogens is 320 g/mol. The summed E-state index contributed by atoms with van der Waals surface area (Å²) in [6.45, 7) is 6.72. The van der Waals surface area contributed by atoms with Crippen molar-refractivity contribution in [3.05, 3.63) is 11.6 Å². The molecule has 1 aliphatic carbocycles. The second-order valence-corrected chi connectivity index (χ2v) is 7.07. The number of morpholine rings is 1. The van der Waals surface area contributed by atoms with Crippen molar-refractivity contribution in [1.29, 1.82) is 5.26 Å². The van der Waals surface area contributed by atoms with E-state index in [4.69, 9.17) is 4.74 Å². The van der Waals surface area contributed by atoms with Gasteiger partial charge in [0.25, 0.3) is 0 Å². The molecule has 8 heteroatoms. The van der Waals surface area contributed by atoms with Crippen molar-refractivity contribution in [2.75, 3.05) is 26.2 Å². The third kappa shape index (κ3) is 4.35. The first-order valence-electron chi connectivity index (χ1n) is 8.94. The minimum absolute atomic E-state index is 0.0160. The third-order valence-corrected chi connectivity index (χ3v) is 4.98. The summed E-state index contributed by atoms with van der Waals surface area (Å²) >= 11 is 0. The molecule has 0 radical (unpaired) electrons. The lowest BCUT2D eigenvalue weighted by Crippen LogP contribution is -2.52. The van der Waals surface area contributed by atoms with Gasteiger partial charge in [-0.15, -0.1) is 0 Å². The summed E-state index contributed by atoms with van der Waals surface area (Å²) in [5.74, 6) is 1.55. The Morgan fingerprint density at radius 1 is 1.44 bits per heavy atom. The summed E-state index contributed by atoms with van der Waals surface area (Å²) in [6.07, 6.45) is 3.50. The van der Waals surface area contributed by atoms with Crippen LogP contribution in [0.25, 0.3) is 0 Å². The molecule has 1 saturated carbocycles. The Morgan fingerprint density at radius 3 is 2.84 bits per heavy atom. The van der Waals surface area contributed by atoms with Crippen LogP contribution in [-0.2, 0) is 16.1 Å². The van der Waals surface area contributed by atoms with Crippen LogP contribution >= 0.6 is 0 Å². The van der Waals surface area contributed by atoms with Gasteiger partial charge in [0.05, 0.1) is 31.9 Å². The Labute approximate surface area is 148 Å². The number of amides is 1. The van der Waals surface area contributed by atoms with Crippen molar-refractivity contribution in [1.82, 2.24) is 25.0 Å². The second kappa shape index (κ2) is 7.50. The highest BCUT2D eigenvalue weighted by molar-refractivity contribution is 5.79. The van der Waals surface area contributed by atoms with Gasteiger partial charge in [-0.2, -0.15) is 10.4 Å². The van der Waals surface area contributed by atoms with E-state index in [1.54, 1.807) is 0 Å². The molecule has 136 valence electrons. The molecule has 0 bridgehead atoms. The summed E-state index contributed by atoms with van der Waals surface area (Å²) in [6, 6.07) is 2.30. The SMILES string of the molecule is Cc1nc(C)n(C[C@H]2CN(CC(=O)NC3(C#N)CCCC3)CCO2)n1. The number of rotatable bonds is 5. The van der Waals surface area contributed by atoms with Crippen LogP contribution in [0, 0.1) is 25.2 Å². The molecule has 25 heavy (non-hydrogen) atoms. The Hall–Kier alpha value is -1.98. The topological polar surface area (TPSA) is 96.1 Å². The zero-order valence-corrected chi connectivity index (χ0v) is 15.0. The Bertz CT molecular complexity index is 659. The van der Waals surface area contributed by atoms with Gasteiger partial charge in [0, 0.05) is 13.1 Å². The fourth-order valence-electron chi connectivity index (χ4n) is 3.71. The molecular formula is C17H26N6O2. The molecule has 2 heterocycles. The number of hydrogen-bond acceptors (Lipinski definition) is 6. The van der Waals surface area contributed by atoms with E-state index in [-0.39, 0.29) is 12.0 Å². The van der Waals surface area contributed by atoms with Gasteiger partial charge in [0.15, 0.2) is 0 Å². The maximum atomic E-state index is 12.4. The number of nitriles is 1. The molecule has 2 fully saturated rings. The Balaban J connectivity index is 1.52. The van der Waals surface area contributed by atoms with Gasteiger partial charge in [0.2, 0.25) is 5.91 Å². The summed E-state index contributed by atoms with van der Waals surface area (Å²) in [5.41, 5.74) is -0.655. The third-order valence-electron chi connectivity index (χ3n) is 4.98. The van der Waals surface area contributed by atoms with Crippen LogP contribution in [0.3, 0.4) is 0 Å². The first-order valence-corrected chi connectivity index (χ1v) is 8.94. The van der Waals surface area contributed by atoms with Crippen LogP contribution in [0.5, 0.6) is 0 Å². The number of ether oxygens (including phenoxy) is 1. The van der Waals surface area contributed by atoms with E-state index >= 15 is 0 Å². The molecule has 8 nitrogen and oxygen atoms in total. The molecule has 1 N–H and O–H groups in total. The van der Waals surface area contributed by atoms with Gasteiger partial charge in [0.1, 0.15) is 17.2 Å². The van der Waals surface area contributed by atoms with Crippen molar-refractivity contribution >= 4 is 5.91 Å². The van der Waals surface area contributed by atoms with Crippen LogP contribution in [0.15, 0.2) is 0 Å². The molecule has 0 spiro atoms. The van der Waals surface area contributed by atoms with E-state index in [0.717, 1.165) is 43.9 Å². The van der Waals surface area contributed by atoms with Gasteiger partial charge in [-0.25, -0.2) is 9.67 Å². The zero-order valence-electron chi connectivity index (χ0n) is 15.0. The van der Waals surface area contributed by atoms with Crippen LogP contribution in [0.4, 0.5) is 0 Å². The number of nitrogens with one attached hydrogen (secondary N) is 1. The largest absolute Gasteiger partial charge is 0.374 e. The second-order valence-electron chi connectivity index (χ2n) is 7.07. The van der Waals surface area contributed by atoms with Crippen LogP contribution in [0.1, 0.15) is 37.3 Å². The Morgan fingerprint density at radius 2 is 2.20 bits per heavy atom. The van der Waals surface area contributed by atoms with E-state index in [1.807, 2.05) is 18.5 Å². The summed E-state index contributed by atoms with van der Waals surface area (Å²) in [7, 11) is 0. The lowest BCUT2D eigenvalue weighted by atomic mass is 10.00. The van der Waals surface area contributed by atoms with Gasteiger partial charge in [-0.1, -0.05) is 0 Å². The normalized spacial score (nSPS) is 23.3.